The fourth-order valence-corrected chi connectivity index (χ4v) is 4.44. The van der Waals surface area contributed by atoms with Gasteiger partial charge in [-0.15, -0.1) is 0 Å². The third-order valence-corrected chi connectivity index (χ3v) is 6.09. The summed E-state index contributed by atoms with van der Waals surface area (Å²) in [5, 5.41) is 9.38. The molecule has 3 aromatic rings. The van der Waals surface area contributed by atoms with E-state index in [2.05, 4.69) is 19.1 Å². The first-order chi connectivity index (χ1) is 16.3. The molecule has 0 saturated carbocycles. The number of carboxylic acid groups (broad SMARTS) is 1. The van der Waals surface area contributed by atoms with E-state index in [1.807, 2.05) is 54.6 Å². The number of hydrogen-bond donors (Lipinski definition) is 1. The lowest BCUT2D eigenvalue weighted by Gasteiger charge is -2.24. The Morgan fingerprint density at radius 1 is 1.03 bits per heavy atom. The first-order valence-electron chi connectivity index (χ1n) is 11.3. The summed E-state index contributed by atoms with van der Waals surface area (Å²) in [4.78, 5) is 26.1. The van der Waals surface area contributed by atoms with E-state index >= 15 is 0 Å². The molecule has 0 aliphatic carbocycles. The van der Waals surface area contributed by atoms with Crippen LogP contribution in [0.2, 0.25) is 0 Å². The van der Waals surface area contributed by atoms with E-state index in [9.17, 15) is 14.7 Å². The normalized spacial score (nSPS) is 16.4. The van der Waals surface area contributed by atoms with E-state index < -0.39 is 5.97 Å². The zero-order chi connectivity index (χ0) is 24.1. The SMILES string of the molecule is COc1ccc(CCN(CC(=O)O)C(=O)c2ccc3c(c2)CC(C)(Cc2ccccc2)O3)cc1. The number of ether oxygens (including phenoxy) is 2. The van der Waals surface area contributed by atoms with Crippen molar-refractivity contribution in [3.05, 3.63) is 95.1 Å². The van der Waals surface area contributed by atoms with Crippen molar-refractivity contribution in [2.45, 2.75) is 31.8 Å². The van der Waals surface area contributed by atoms with Crippen LogP contribution < -0.4 is 9.47 Å². The molecule has 176 valence electrons. The molecule has 1 amide bonds. The van der Waals surface area contributed by atoms with Gasteiger partial charge in [-0.25, -0.2) is 0 Å². The molecule has 0 aromatic heterocycles. The second kappa shape index (κ2) is 10.00. The van der Waals surface area contributed by atoms with Crippen LogP contribution in [-0.2, 0) is 24.1 Å². The standard InChI is InChI=1S/C28H29NO5/c1-28(17-21-6-4-3-5-7-21)18-23-16-22(10-13-25(23)34-28)27(32)29(19-26(30)31)15-14-20-8-11-24(33-2)12-9-20/h3-13,16H,14-15,17-19H2,1-2H3,(H,30,31). The lowest BCUT2D eigenvalue weighted by atomic mass is 9.91. The van der Waals surface area contributed by atoms with Crippen LogP contribution in [0.4, 0.5) is 0 Å². The number of methoxy groups -OCH3 is 1. The average molecular weight is 460 g/mol. The van der Waals surface area contributed by atoms with Crippen molar-refractivity contribution in [2.75, 3.05) is 20.2 Å². The van der Waals surface area contributed by atoms with E-state index in [0.29, 0.717) is 24.9 Å². The van der Waals surface area contributed by atoms with E-state index in [0.717, 1.165) is 29.0 Å². The molecule has 1 aliphatic heterocycles. The first kappa shape index (κ1) is 23.4. The van der Waals surface area contributed by atoms with Gasteiger partial charge in [0.05, 0.1) is 7.11 Å². The van der Waals surface area contributed by atoms with E-state index in [1.165, 1.54) is 10.5 Å². The number of aliphatic carboxylic acids is 1. The molecular weight excluding hydrogens is 430 g/mol. The summed E-state index contributed by atoms with van der Waals surface area (Å²) in [6, 6.07) is 23.1. The van der Waals surface area contributed by atoms with Gasteiger partial charge < -0.3 is 19.5 Å². The van der Waals surface area contributed by atoms with E-state index in [4.69, 9.17) is 9.47 Å². The third kappa shape index (κ3) is 5.57. The van der Waals surface area contributed by atoms with Crippen molar-refractivity contribution in [2.24, 2.45) is 0 Å². The smallest absolute Gasteiger partial charge is 0.323 e. The largest absolute Gasteiger partial charge is 0.497 e. The van der Waals surface area contributed by atoms with Crippen LogP contribution in [0.1, 0.15) is 34.0 Å². The summed E-state index contributed by atoms with van der Waals surface area (Å²) in [6.07, 6.45) is 1.99. The number of nitrogens with zero attached hydrogens (tertiary/aromatic N) is 1. The molecule has 0 saturated heterocycles. The maximum Gasteiger partial charge on any atom is 0.323 e. The summed E-state index contributed by atoms with van der Waals surface area (Å²) < 4.78 is 11.4. The van der Waals surface area contributed by atoms with Crippen molar-refractivity contribution >= 4 is 11.9 Å². The monoisotopic (exact) mass is 459 g/mol. The van der Waals surface area contributed by atoms with Gasteiger partial charge in [0.25, 0.3) is 5.91 Å². The quantitative estimate of drug-likeness (QED) is 0.513. The van der Waals surface area contributed by atoms with Crippen molar-refractivity contribution < 1.29 is 24.2 Å². The van der Waals surface area contributed by atoms with Crippen molar-refractivity contribution in [3.63, 3.8) is 0 Å². The van der Waals surface area contributed by atoms with Gasteiger partial charge in [0, 0.05) is 24.9 Å². The molecular formula is C28H29NO5. The van der Waals surface area contributed by atoms with Gasteiger partial charge in [0.15, 0.2) is 0 Å². The highest BCUT2D eigenvalue weighted by Crippen LogP contribution is 2.37. The average Bonchev–Trinajstić information content (AvgIpc) is 3.16. The molecule has 6 nitrogen and oxygen atoms in total. The highest BCUT2D eigenvalue weighted by atomic mass is 16.5. The van der Waals surface area contributed by atoms with Crippen LogP contribution in [0.5, 0.6) is 11.5 Å². The Balaban J connectivity index is 1.47. The maximum atomic E-state index is 13.3. The Bertz CT molecular complexity index is 1160. The van der Waals surface area contributed by atoms with Crippen LogP contribution in [0.15, 0.2) is 72.8 Å². The molecule has 3 aromatic carbocycles. The van der Waals surface area contributed by atoms with Crippen LogP contribution in [0.25, 0.3) is 0 Å². The number of rotatable bonds is 9. The highest BCUT2D eigenvalue weighted by molar-refractivity contribution is 5.96. The fraction of sp³-hybridized carbons (Fsp3) is 0.286. The molecule has 34 heavy (non-hydrogen) atoms. The zero-order valence-corrected chi connectivity index (χ0v) is 19.5. The first-order valence-corrected chi connectivity index (χ1v) is 11.3. The van der Waals surface area contributed by atoms with Gasteiger partial charge in [-0.1, -0.05) is 42.5 Å². The Labute approximate surface area is 199 Å². The topological polar surface area (TPSA) is 76.1 Å². The van der Waals surface area contributed by atoms with Crippen LogP contribution in [0.3, 0.4) is 0 Å². The van der Waals surface area contributed by atoms with Gasteiger partial charge in [-0.05, 0) is 60.4 Å². The summed E-state index contributed by atoms with van der Waals surface area (Å²) in [7, 11) is 1.61. The summed E-state index contributed by atoms with van der Waals surface area (Å²) in [5.74, 6) is 0.193. The molecule has 4 rings (SSSR count). The van der Waals surface area contributed by atoms with Crippen LogP contribution in [-0.4, -0.2) is 47.7 Å². The molecule has 1 N–H and O–H groups in total. The Morgan fingerprint density at radius 2 is 1.76 bits per heavy atom. The fourth-order valence-electron chi connectivity index (χ4n) is 4.44. The van der Waals surface area contributed by atoms with Crippen molar-refractivity contribution in [1.82, 2.24) is 4.90 Å². The van der Waals surface area contributed by atoms with Gasteiger partial charge in [-0.3, -0.25) is 9.59 Å². The summed E-state index contributed by atoms with van der Waals surface area (Å²) in [5.41, 5.74) is 3.25. The van der Waals surface area contributed by atoms with Crippen molar-refractivity contribution in [1.29, 1.82) is 0 Å². The Hall–Kier alpha value is -3.80. The summed E-state index contributed by atoms with van der Waals surface area (Å²) in [6.45, 7) is 2.03. The lowest BCUT2D eigenvalue weighted by Crippen LogP contribution is -2.37. The second-order valence-corrected chi connectivity index (χ2v) is 8.93. The molecule has 0 spiro atoms. The van der Waals surface area contributed by atoms with Gasteiger partial charge in [-0.2, -0.15) is 0 Å². The second-order valence-electron chi connectivity index (χ2n) is 8.93. The molecule has 1 heterocycles. The minimum atomic E-state index is -1.04. The predicted molar refractivity (Wildman–Crippen MR) is 130 cm³/mol. The molecule has 6 heteroatoms. The minimum Gasteiger partial charge on any atom is -0.497 e. The van der Waals surface area contributed by atoms with Gasteiger partial charge >= 0.3 is 5.97 Å². The molecule has 1 aliphatic rings. The Kier molecular flexibility index (Phi) is 6.87. The molecule has 1 atom stereocenters. The van der Waals surface area contributed by atoms with E-state index in [1.54, 1.807) is 13.2 Å². The maximum absolute atomic E-state index is 13.3. The minimum absolute atomic E-state index is 0.296. The molecule has 0 fully saturated rings. The molecule has 1 unspecified atom stereocenters. The zero-order valence-electron chi connectivity index (χ0n) is 19.5. The number of hydrogen-bond acceptors (Lipinski definition) is 4. The molecule has 0 bridgehead atoms. The lowest BCUT2D eigenvalue weighted by molar-refractivity contribution is -0.137. The highest BCUT2D eigenvalue weighted by Gasteiger charge is 2.35. The van der Waals surface area contributed by atoms with Gasteiger partial charge in [0.2, 0.25) is 0 Å². The number of carboxylic acids is 1. The number of carbonyl (C=O) groups excluding carboxylic acids is 1. The van der Waals surface area contributed by atoms with Gasteiger partial charge in [0.1, 0.15) is 23.6 Å². The number of carbonyl (C=O) groups is 2. The van der Waals surface area contributed by atoms with Crippen molar-refractivity contribution in [3.8, 4) is 11.5 Å². The predicted octanol–water partition coefficient (Wildman–Crippen LogP) is 4.40. The number of amides is 1. The van der Waals surface area contributed by atoms with Crippen LogP contribution in [0, 0.1) is 0 Å². The van der Waals surface area contributed by atoms with E-state index in [-0.39, 0.29) is 18.1 Å². The third-order valence-electron chi connectivity index (χ3n) is 6.09. The number of fused-ring (bicyclic) bond motifs is 1. The molecule has 0 radical (unpaired) electrons. The number of benzene rings is 3. The summed E-state index contributed by atoms with van der Waals surface area (Å²) >= 11 is 0. The van der Waals surface area contributed by atoms with Crippen LogP contribution >= 0.6 is 0 Å². The Morgan fingerprint density at radius 3 is 2.44 bits per heavy atom.